The summed E-state index contributed by atoms with van der Waals surface area (Å²) in [7, 11) is 0. The third-order valence-electron chi connectivity index (χ3n) is 5.65. The quantitative estimate of drug-likeness (QED) is 0.309. The predicted octanol–water partition coefficient (Wildman–Crippen LogP) is 4.87. The fourth-order valence-corrected chi connectivity index (χ4v) is 3.28. The van der Waals surface area contributed by atoms with Crippen LogP contribution in [0.2, 0.25) is 0 Å². The lowest BCUT2D eigenvalue weighted by molar-refractivity contribution is -0.157. The van der Waals surface area contributed by atoms with E-state index in [0.717, 1.165) is 12.1 Å². The van der Waals surface area contributed by atoms with Crippen molar-refractivity contribution in [2.45, 2.75) is 38.9 Å². The standard InChI is InChI=1S/C25H27F3N4O5/c1-3-15(2)20(30-18-8-4-16(5-9-18)22(35)29-13-12-21(33)34)14-36-19-10-6-17(7-11-19)23-31-32-24(37-23)25(26,27)28/h4-11,15,20,30H,3,12-14H2,1-2H3,(H,29,35)(H,33,34). The van der Waals surface area contributed by atoms with E-state index in [9.17, 15) is 22.8 Å². The number of aromatic nitrogens is 2. The molecule has 0 aliphatic carbocycles. The molecule has 0 saturated carbocycles. The van der Waals surface area contributed by atoms with Gasteiger partial charge in [0.15, 0.2) is 0 Å². The number of rotatable bonds is 12. The van der Waals surface area contributed by atoms with Crippen molar-refractivity contribution in [3.63, 3.8) is 0 Å². The molecular weight excluding hydrogens is 493 g/mol. The van der Waals surface area contributed by atoms with Gasteiger partial charge in [0, 0.05) is 23.4 Å². The molecule has 12 heteroatoms. The molecule has 0 saturated heterocycles. The van der Waals surface area contributed by atoms with Gasteiger partial charge in [0.2, 0.25) is 5.89 Å². The molecule has 0 radical (unpaired) electrons. The van der Waals surface area contributed by atoms with Gasteiger partial charge in [0.05, 0.1) is 12.5 Å². The first-order valence-corrected chi connectivity index (χ1v) is 11.6. The molecule has 0 bridgehead atoms. The van der Waals surface area contributed by atoms with E-state index < -0.39 is 18.0 Å². The van der Waals surface area contributed by atoms with Crippen LogP contribution in [-0.2, 0) is 11.0 Å². The van der Waals surface area contributed by atoms with Crippen molar-refractivity contribution in [2.75, 3.05) is 18.5 Å². The number of carboxylic acids is 1. The van der Waals surface area contributed by atoms with E-state index >= 15 is 0 Å². The molecule has 1 amide bonds. The van der Waals surface area contributed by atoms with E-state index in [1.165, 1.54) is 12.1 Å². The van der Waals surface area contributed by atoms with Gasteiger partial charge < -0.3 is 24.9 Å². The molecule has 0 fully saturated rings. The lowest BCUT2D eigenvalue weighted by atomic mass is 9.99. The van der Waals surface area contributed by atoms with Gasteiger partial charge >= 0.3 is 18.0 Å². The second-order valence-corrected chi connectivity index (χ2v) is 8.36. The van der Waals surface area contributed by atoms with Gasteiger partial charge in [-0.15, -0.1) is 10.2 Å². The smallest absolute Gasteiger partial charge is 0.470 e. The maximum atomic E-state index is 12.7. The summed E-state index contributed by atoms with van der Waals surface area (Å²) in [6, 6.07) is 13.0. The maximum Gasteiger partial charge on any atom is 0.470 e. The number of hydrogen-bond donors (Lipinski definition) is 3. The number of nitrogens with zero attached hydrogens (tertiary/aromatic N) is 2. The Kier molecular flexibility index (Phi) is 9.10. The Morgan fingerprint density at radius 2 is 1.76 bits per heavy atom. The molecule has 3 aromatic rings. The van der Waals surface area contributed by atoms with Gasteiger partial charge in [-0.25, -0.2) is 0 Å². The van der Waals surface area contributed by atoms with E-state index in [1.54, 1.807) is 36.4 Å². The number of carbonyl (C=O) groups is 2. The third kappa shape index (κ3) is 7.95. The number of nitrogens with one attached hydrogen (secondary N) is 2. The zero-order chi connectivity index (χ0) is 27.0. The number of anilines is 1. The van der Waals surface area contributed by atoms with E-state index in [0.29, 0.717) is 23.5 Å². The van der Waals surface area contributed by atoms with Crippen LogP contribution < -0.4 is 15.4 Å². The molecule has 0 aliphatic heterocycles. The predicted molar refractivity (Wildman–Crippen MR) is 128 cm³/mol. The molecule has 2 atom stereocenters. The zero-order valence-electron chi connectivity index (χ0n) is 20.2. The number of aliphatic carboxylic acids is 1. The minimum absolute atomic E-state index is 0.0477. The van der Waals surface area contributed by atoms with E-state index in [-0.39, 0.29) is 36.7 Å². The average Bonchev–Trinajstić information content (AvgIpc) is 3.38. The first-order valence-electron chi connectivity index (χ1n) is 11.6. The lowest BCUT2D eigenvalue weighted by Crippen LogP contribution is -2.33. The number of ether oxygens (including phenoxy) is 1. The molecule has 37 heavy (non-hydrogen) atoms. The minimum atomic E-state index is -4.71. The SMILES string of the molecule is CCC(C)C(COc1ccc(-c2nnc(C(F)(F)F)o2)cc1)Nc1ccc(C(=O)NCCC(=O)O)cc1. The number of alkyl halides is 3. The first-order chi connectivity index (χ1) is 17.6. The Morgan fingerprint density at radius 3 is 2.32 bits per heavy atom. The number of carboxylic acid groups (broad SMARTS) is 1. The molecule has 3 N–H and O–H groups in total. The monoisotopic (exact) mass is 520 g/mol. The Balaban J connectivity index is 1.58. The highest BCUT2D eigenvalue weighted by molar-refractivity contribution is 5.94. The largest absolute Gasteiger partial charge is 0.491 e. The highest BCUT2D eigenvalue weighted by atomic mass is 19.4. The van der Waals surface area contributed by atoms with Crippen LogP contribution in [0.25, 0.3) is 11.5 Å². The highest BCUT2D eigenvalue weighted by Crippen LogP contribution is 2.30. The maximum absolute atomic E-state index is 12.7. The van der Waals surface area contributed by atoms with Gasteiger partial charge in [-0.2, -0.15) is 13.2 Å². The van der Waals surface area contributed by atoms with Crippen molar-refractivity contribution >= 4 is 17.6 Å². The Morgan fingerprint density at radius 1 is 1.08 bits per heavy atom. The van der Waals surface area contributed by atoms with Crippen molar-refractivity contribution in [1.29, 1.82) is 0 Å². The van der Waals surface area contributed by atoms with Crippen LogP contribution in [0.5, 0.6) is 5.75 Å². The molecule has 198 valence electrons. The Hall–Kier alpha value is -4.09. The van der Waals surface area contributed by atoms with Gasteiger partial charge in [0.1, 0.15) is 12.4 Å². The molecule has 0 spiro atoms. The van der Waals surface area contributed by atoms with Crippen molar-refractivity contribution in [2.24, 2.45) is 5.92 Å². The van der Waals surface area contributed by atoms with Crippen LogP contribution >= 0.6 is 0 Å². The van der Waals surface area contributed by atoms with Crippen molar-refractivity contribution in [3.05, 3.63) is 60.0 Å². The summed E-state index contributed by atoms with van der Waals surface area (Å²) >= 11 is 0. The topological polar surface area (TPSA) is 127 Å². The van der Waals surface area contributed by atoms with E-state index in [2.05, 4.69) is 39.1 Å². The molecule has 1 heterocycles. The average molecular weight is 521 g/mol. The molecule has 2 aromatic carbocycles. The van der Waals surface area contributed by atoms with E-state index in [4.69, 9.17) is 9.84 Å². The van der Waals surface area contributed by atoms with Gasteiger partial charge in [-0.05, 0) is 54.4 Å². The first kappa shape index (κ1) is 27.5. The summed E-state index contributed by atoms with van der Waals surface area (Å²) in [5.74, 6) is -2.23. The van der Waals surface area contributed by atoms with Crippen LogP contribution in [0.15, 0.2) is 52.9 Å². The second kappa shape index (κ2) is 12.2. The fourth-order valence-electron chi connectivity index (χ4n) is 3.28. The van der Waals surface area contributed by atoms with Crippen LogP contribution in [0, 0.1) is 5.92 Å². The summed E-state index contributed by atoms with van der Waals surface area (Å²) in [5, 5.41) is 21.1. The van der Waals surface area contributed by atoms with Crippen LogP contribution in [-0.4, -0.2) is 46.4 Å². The Bertz CT molecular complexity index is 1180. The van der Waals surface area contributed by atoms with Gasteiger partial charge in [-0.1, -0.05) is 20.3 Å². The fraction of sp³-hybridized carbons (Fsp3) is 0.360. The number of halogens is 3. The van der Waals surface area contributed by atoms with Crippen molar-refractivity contribution in [1.82, 2.24) is 15.5 Å². The molecule has 9 nitrogen and oxygen atoms in total. The summed E-state index contributed by atoms with van der Waals surface area (Å²) in [5.41, 5.74) is 1.53. The number of carbonyl (C=O) groups excluding carboxylic acids is 1. The normalized spacial score (nSPS) is 13.0. The summed E-state index contributed by atoms with van der Waals surface area (Å²) in [6.45, 7) is 4.48. The summed E-state index contributed by atoms with van der Waals surface area (Å²) < 4.78 is 48.6. The summed E-state index contributed by atoms with van der Waals surface area (Å²) in [4.78, 5) is 22.7. The number of benzene rings is 2. The molecular formula is C25H27F3N4O5. The minimum Gasteiger partial charge on any atom is -0.491 e. The van der Waals surface area contributed by atoms with Gasteiger partial charge in [-0.3, -0.25) is 9.59 Å². The zero-order valence-corrected chi connectivity index (χ0v) is 20.2. The van der Waals surface area contributed by atoms with Crippen LogP contribution in [0.3, 0.4) is 0 Å². The number of hydrogen-bond acceptors (Lipinski definition) is 7. The lowest BCUT2D eigenvalue weighted by Gasteiger charge is -2.25. The van der Waals surface area contributed by atoms with Gasteiger partial charge in [0.25, 0.3) is 5.91 Å². The van der Waals surface area contributed by atoms with Crippen LogP contribution in [0.1, 0.15) is 42.9 Å². The molecule has 3 rings (SSSR count). The second-order valence-electron chi connectivity index (χ2n) is 8.36. The van der Waals surface area contributed by atoms with Crippen LogP contribution in [0.4, 0.5) is 18.9 Å². The molecule has 2 unspecified atom stereocenters. The third-order valence-corrected chi connectivity index (χ3v) is 5.65. The number of amides is 1. The molecule has 0 aliphatic rings. The van der Waals surface area contributed by atoms with Crippen molar-refractivity contribution in [3.8, 4) is 17.2 Å². The molecule has 1 aromatic heterocycles. The Labute approximate surface area is 211 Å². The van der Waals surface area contributed by atoms with E-state index in [1.807, 2.05) is 0 Å². The highest BCUT2D eigenvalue weighted by Gasteiger charge is 2.38. The van der Waals surface area contributed by atoms with Crippen molar-refractivity contribution < 1.29 is 37.0 Å². The summed E-state index contributed by atoms with van der Waals surface area (Å²) in [6.07, 6.45) is -3.98.